The molecule has 116 valence electrons. The molecule has 1 heterocycles. The van der Waals surface area contributed by atoms with Crippen molar-refractivity contribution in [3.8, 4) is 0 Å². The fourth-order valence-corrected chi connectivity index (χ4v) is 2.56. The molecule has 7 heteroatoms. The Labute approximate surface area is 128 Å². The molecule has 1 aromatic carbocycles. The Balaban J connectivity index is 2.33. The molecule has 0 spiro atoms. The van der Waals surface area contributed by atoms with Gasteiger partial charge in [0.05, 0.1) is 12.1 Å². The third kappa shape index (κ3) is 2.69. The Morgan fingerprint density at radius 2 is 1.82 bits per heavy atom. The highest BCUT2D eigenvalue weighted by Gasteiger charge is 2.45. The summed E-state index contributed by atoms with van der Waals surface area (Å²) >= 11 is 0. The fraction of sp³-hybridized carbons (Fsp3) is 0.333. The Morgan fingerprint density at radius 1 is 1.23 bits per heavy atom. The molecule has 1 aliphatic heterocycles. The van der Waals surface area contributed by atoms with Crippen LogP contribution in [0.2, 0.25) is 0 Å². The van der Waals surface area contributed by atoms with Gasteiger partial charge in [-0.05, 0) is 12.5 Å². The van der Waals surface area contributed by atoms with Gasteiger partial charge in [-0.2, -0.15) is 0 Å². The minimum Gasteiger partial charge on any atom is -0.322 e. The summed E-state index contributed by atoms with van der Waals surface area (Å²) in [5.74, 6) is -0.589. The number of rotatable bonds is 5. The summed E-state index contributed by atoms with van der Waals surface area (Å²) in [5.41, 5.74) is 0.824. The van der Waals surface area contributed by atoms with Crippen molar-refractivity contribution in [2.75, 3.05) is 13.6 Å². The third-order valence-electron chi connectivity index (χ3n) is 3.85. The number of benzene rings is 1. The molecule has 2 atom stereocenters. The number of hydrogen-bond donors (Lipinski definition) is 0. The molecule has 0 aliphatic carbocycles. The van der Waals surface area contributed by atoms with Crippen molar-refractivity contribution in [3.63, 3.8) is 0 Å². The van der Waals surface area contributed by atoms with E-state index < -0.39 is 24.5 Å². The van der Waals surface area contributed by atoms with Gasteiger partial charge in [-0.15, -0.1) is 0 Å². The van der Waals surface area contributed by atoms with E-state index in [9.17, 15) is 19.2 Å². The average molecular weight is 303 g/mol. The molecule has 22 heavy (non-hydrogen) atoms. The maximum absolute atomic E-state index is 12.4. The normalized spacial score (nSPS) is 20.9. The minimum absolute atomic E-state index is 0.209. The van der Waals surface area contributed by atoms with Gasteiger partial charge in [0.25, 0.3) is 5.91 Å². The second kappa shape index (κ2) is 6.38. The van der Waals surface area contributed by atoms with Crippen LogP contribution < -0.4 is 0 Å². The van der Waals surface area contributed by atoms with Crippen LogP contribution in [-0.2, 0) is 14.4 Å². The molecule has 0 N–H and O–H groups in total. The lowest BCUT2D eigenvalue weighted by molar-refractivity contribution is -0.139. The number of imide groups is 2. The SMILES string of the molecule is C[C@H]1[C@@H](c2ccccc2)N(C(=O)CN(C=O)C=O)C(=O)N1C. The zero-order valence-electron chi connectivity index (χ0n) is 12.4. The molecule has 2 rings (SSSR count). The number of hydrogen-bond acceptors (Lipinski definition) is 4. The molecule has 0 bridgehead atoms. The first-order valence-corrected chi connectivity index (χ1v) is 6.81. The van der Waals surface area contributed by atoms with Crippen LogP contribution in [0.15, 0.2) is 30.3 Å². The van der Waals surface area contributed by atoms with E-state index in [2.05, 4.69) is 0 Å². The van der Waals surface area contributed by atoms with Crippen LogP contribution >= 0.6 is 0 Å². The molecule has 1 aliphatic rings. The summed E-state index contributed by atoms with van der Waals surface area (Å²) in [7, 11) is 1.62. The van der Waals surface area contributed by atoms with Crippen LogP contribution in [0.25, 0.3) is 0 Å². The second-order valence-electron chi connectivity index (χ2n) is 5.14. The average Bonchev–Trinajstić information content (AvgIpc) is 2.77. The maximum Gasteiger partial charge on any atom is 0.327 e. The number of carbonyl (C=O) groups excluding carboxylic acids is 4. The molecule has 7 nitrogen and oxygen atoms in total. The highest BCUT2D eigenvalue weighted by Crippen LogP contribution is 2.34. The largest absolute Gasteiger partial charge is 0.327 e. The molecule has 1 fully saturated rings. The van der Waals surface area contributed by atoms with Crippen LogP contribution in [0.5, 0.6) is 0 Å². The van der Waals surface area contributed by atoms with E-state index in [0.29, 0.717) is 4.90 Å². The lowest BCUT2D eigenvalue weighted by Crippen LogP contribution is -2.42. The highest BCUT2D eigenvalue weighted by molar-refractivity contribution is 5.99. The fourth-order valence-electron chi connectivity index (χ4n) is 2.56. The first-order valence-electron chi connectivity index (χ1n) is 6.81. The number of carbonyl (C=O) groups is 4. The standard InChI is InChI=1S/C15H17N3O4/c1-11-14(12-6-4-3-5-7-12)18(15(22)16(11)2)13(21)8-17(9-19)10-20/h3-7,9-11,14H,8H2,1-2H3/t11-,14-/m0/s1. The van der Waals surface area contributed by atoms with Crippen molar-refractivity contribution in [1.82, 2.24) is 14.7 Å². The first-order chi connectivity index (χ1) is 10.5. The predicted octanol–water partition coefficient (Wildman–Crippen LogP) is 0.625. The molecule has 0 saturated carbocycles. The smallest absolute Gasteiger partial charge is 0.322 e. The minimum atomic E-state index is -0.589. The summed E-state index contributed by atoms with van der Waals surface area (Å²) in [4.78, 5) is 49.3. The molecule has 0 unspecified atom stereocenters. The topological polar surface area (TPSA) is 78.0 Å². The summed E-state index contributed by atoms with van der Waals surface area (Å²) in [6, 6.07) is 8.08. The number of urea groups is 1. The lowest BCUT2D eigenvalue weighted by Gasteiger charge is -2.25. The van der Waals surface area contributed by atoms with Crippen molar-refractivity contribution in [3.05, 3.63) is 35.9 Å². The van der Waals surface area contributed by atoms with Gasteiger partial charge >= 0.3 is 6.03 Å². The van der Waals surface area contributed by atoms with Gasteiger partial charge in [-0.25, -0.2) is 4.79 Å². The molecule has 0 radical (unpaired) electrons. The Hall–Kier alpha value is -2.70. The second-order valence-corrected chi connectivity index (χ2v) is 5.14. The zero-order valence-corrected chi connectivity index (χ0v) is 12.4. The van der Waals surface area contributed by atoms with Crippen LogP contribution in [0.3, 0.4) is 0 Å². The summed E-state index contributed by atoms with van der Waals surface area (Å²) in [5, 5.41) is 0. The number of nitrogens with zero attached hydrogens (tertiary/aromatic N) is 3. The molecule has 1 saturated heterocycles. The number of likely N-dealkylation sites (N-methyl/N-ethyl adjacent to an activating group) is 1. The zero-order chi connectivity index (χ0) is 16.3. The van der Waals surface area contributed by atoms with Crippen molar-refractivity contribution in [1.29, 1.82) is 0 Å². The van der Waals surface area contributed by atoms with Crippen LogP contribution in [0.4, 0.5) is 4.79 Å². The van der Waals surface area contributed by atoms with E-state index in [1.807, 2.05) is 37.3 Å². The van der Waals surface area contributed by atoms with Crippen molar-refractivity contribution < 1.29 is 19.2 Å². The quantitative estimate of drug-likeness (QED) is 0.747. The van der Waals surface area contributed by atoms with E-state index in [4.69, 9.17) is 0 Å². The summed E-state index contributed by atoms with van der Waals surface area (Å²) < 4.78 is 0. The Morgan fingerprint density at radius 3 is 2.36 bits per heavy atom. The lowest BCUT2D eigenvalue weighted by atomic mass is 10.0. The third-order valence-corrected chi connectivity index (χ3v) is 3.85. The van der Waals surface area contributed by atoms with Crippen molar-refractivity contribution in [2.24, 2.45) is 0 Å². The van der Waals surface area contributed by atoms with Gasteiger partial charge < -0.3 is 4.90 Å². The van der Waals surface area contributed by atoms with Crippen LogP contribution in [-0.4, -0.2) is 59.1 Å². The molecule has 0 aromatic heterocycles. The van der Waals surface area contributed by atoms with Gasteiger partial charge in [0, 0.05) is 7.05 Å². The van der Waals surface area contributed by atoms with Crippen LogP contribution in [0.1, 0.15) is 18.5 Å². The van der Waals surface area contributed by atoms with Gasteiger partial charge in [0.15, 0.2) is 0 Å². The van der Waals surface area contributed by atoms with E-state index in [0.717, 1.165) is 10.5 Å². The van der Waals surface area contributed by atoms with E-state index in [1.165, 1.54) is 4.90 Å². The Kier molecular flexibility index (Phi) is 4.55. The van der Waals surface area contributed by atoms with Crippen molar-refractivity contribution >= 4 is 24.8 Å². The Bertz CT molecular complexity index is 582. The van der Waals surface area contributed by atoms with Crippen LogP contribution in [0, 0.1) is 0 Å². The first kappa shape index (κ1) is 15.7. The van der Waals surface area contributed by atoms with Gasteiger partial charge in [-0.1, -0.05) is 30.3 Å². The van der Waals surface area contributed by atoms with E-state index in [-0.39, 0.29) is 18.9 Å². The number of amides is 5. The van der Waals surface area contributed by atoms with Crippen molar-refractivity contribution in [2.45, 2.75) is 19.0 Å². The van der Waals surface area contributed by atoms with Gasteiger partial charge in [0.1, 0.15) is 6.54 Å². The van der Waals surface area contributed by atoms with E-state index in [1.54, 1.807) is 7.05 Å². The highest BCUT2D eigenvalue weighted by atomic mass is 16.2. The maximum atomic E-state index is 12.4. The molecule has 5 amide bonds. The predicted molar refractivity (Wildman–Crippen MR) is 77.5 cm³/mol. The molecular weight excluding hydrogens is 286 g/mol. The molecular formula is C15H17N3O4. The van der Waals surface area contributed by atoms with E-state index >= 15 is 0 Å². The summed E-state index contributed by atoms with van der Waals surface area (Å²) in [6.45, 7) is 1.39. The van der Waals surface area contributed by atoms with Gasteiger partial charge in [-0.3, -0.25) is 24.2 Å². The summed E-state index contributed by atoms with van der Waals surface area (Å²) in [6.07, 6.45) is 0.520. The monoisotopic (exact) mass is 303 g/mol. The van der Waals surface area contributed by atoms with Gasteiger partial charge in [0.2, 0.25) is 12.8 Å². The molecule has 1 aromatic rings.